The van der Waals surface area contributed by atoms with E-state index in [1.54, 1.807) is 24.8 Å². The number of fused-ring (bicyclic) bond motifs is 1. The van der Waals surface area contributed by atoms with Crippen molar-refractivity contribution in [2.24, 2.45) is 5.41 Å². The normalized spacial score (nSPS) is 14.7. The summed E-state index contributed by atoms with van der Waals surface area (Å²) >= 11 is 6.77. The van der Waals surface area contributed by atoms with Crippen molar-refractivity contribution in [1.82, 2.24) is 25.9 Å². The Kier molecular flexibility index (Phi) is 7.04. The molecule has 5 rings (SSSR count). The number of rotatable bonds is 7. The number of hydrogen-bond acceptors (Lipinski definition) is 9. The second-order valence-electron chi connectivity index (χ2n) is 10.8. The Labute approximate surface area is 233 Å². The Hall–Kier alpha value is -4.33. The molecule has 0 bridgehead atoms. The zero-order valence-electron chi connectivity index (χ0n) is 22.2. The summed E-state index contributed by atoms with van der Waals surface area (Å²) in [7, 11) is 2.07. The lowest BCUT2D eigenvalue weighted by Gasteiger charge is -2.33. The highest BCUT2D eigenvalue weighted by atomic mass is 35.5. The Morgan fingerprint density at radius 1 is 1.10 bits per heavy atom. The van der Waals surface area contributed by atoms with Crippen molar-refractivity contribution >= 4 is 47.4 Å². The molecule has 0 spiro atoms. The summed E-state index contributed by atoms with van der Waals surface area (Å²) in [5.41, 5.74) is 11.0. The Morgan fingerprint density at radius 3 is 2.54 bits per heavy atom. The summed E-state index contributed by atoms with van der Waals surface area (Å²) < 4.78 is 0. The first-order valence-electron chi connectivity index (χ1n) is 12.6. The predicted octanol–water partition coefficient (Wildman–Crippen LogP) is 4.28. The number of aromatic nitrogens is 3. The average Bonchev–Trinajstić information content (AvgIpc) is 3.43. The Balaban J connectivity index is 1.59. The minimum absolute atomic E-state index is 0.00855. The lowest BCUT2D eigenvalue weighted by molar-refractivity contribution is 0.443. The van der Waals surface area contributed by atoms with Crippen LogP contribution in [0.3, 0.4) is 0 Å². The van der Waals surface area contributed by atoms with E-state index in [4.69, 9.17) is 11.6 Å². The lowest BCUT2D eigenvalue weighted by Crippen LogP contribution is -2.45. The van der Waals surface area contributed by atoms with Gasteiger partial charge in [-0.2, -0.15) is 5.26 Å². The van der Waals surface area contributed by atoms with Crippen LogP contribution in [0.1, 0.15) is 31.9 Å². The maximum atomic E-state index is 9.83. The molecule has 0 fully saturated rings. The van der Waals surface area contributed by atoms with Crippen molar-refractivity contribution in [2.75, 3.05) is 22.2 Å². The fourth-order valence-electron chi connectivity index (χ4n) is 4.41. The van der Waals surface area contributed by atoms with Crippen LogP contribution >= 0.6 is 11.6 Å². The molecule has 1 unspecified atom stereocenters. The van der Waals surface area contributed by atoms with Crippen molar-refractivity contribution in [3.8, 4) is 6.07 Å². The maximum Gasteiger partial charge on any atom is 0.148 e. The van der Waals surface area contributed by atoms with Gasteiger partial charge in [0, 0.05) is 48.6 Å². The minimum Gasteiger partial charge on any atom is -0.383 e. The molecular formula is C28H29BClN9. The van der Waals surface area contributed by atoms with Crippen LogP contribution < -0.4 is 26.6 Å². The number of hydrazine groups is 2. The van der Waals surface area contributed by atoms with Gasteiger partial charge in [0.05, 0.1) is 44.8 Å². The van der Waals surface area contributed by atoms with Crippen LogP contribution in [0, 0.1) is 16.7 Å². The topological polar surface area (TPSA) is 114 Å². The maximum absolute atomic E-state index is 9.83. The molecule has 1 aromatic carbocycles. The van der Waals surface area contributed by atoms with Crippen molar-refractivity contribution in [1.29, 1.82) is 5.26 Å². The van der Waals surface area contributed by atoms with E-state index in [0.29, 0.717) is 28.3 Å². The molecule has 1 aliphatic rings. The van der Waals surface area contributed by atoms with Crippen molar-refractivity contribution in [3.63, 3.8) is 0 Å². The van der Waals surface area contributed by atoms with E-state index in [2.05, 4.69) is 71.2 Å². The van der Waals surface area contributed by atoms with Crippen molar-refractivity contribution < 1.29 is 0 Å². The molecule has 4 N–H and O–H groups in total. The summed E-state index contributed by atoms with van der Waals surface area (Å²) in [6.07, 6.45) is 10.6. The van der Waals surface area contributed by atoms with E-state index >= 15 is 0 Å². The highest BCUT2D eigenvalue weighted by molar-refractivity contribution is 6.36. The second kappa shape index (κ2) is 10.4. The largest absolute Gasteiger partial charge is 0.383 e. The molecule has 1 atom stereocenters. The molecule has 39 heavy (non-hydrogen) atoms. The molecule has 3 aromatic heterocycles. The van der Waals surface area contributed by atoms with E-state index in [1.165, 1.54) is 0 Å². The number of hydrogen-bond donors (Lipinski definition) is 4. The van der Waals surface area contributed by atoms with E-state index in [-0.39, 0.29) is 5.41 Å². The quantitative estimate of drug-likeness (QED) is 0.257. The molecule has 0 saturated carbocycles. The summed E-state index contributed by atoms with van der Waals surface area (Å²) in [6.45, 7) is 7.09. The molecular weight excluding hydrogens is 509 g/mol. The predicted molar refractivity (Wildman–Crippen MR) is 159 cm³/mol. The van der Waals surface area contributed by atoms with E-state index in [1.807, 2.05) is 53.8 Å². The number of halogens is 1. The van der Waals surface area contributed by atoms with Crippen LogP contribution in [-0.2, 0) is 5.44 Å². The van der Waals surface area contributed by atoms with Crippen molar-refractivity contribution in [2.45, 2.75) is 26.2 Å². The van der Waals surface area contributed by atoms with Gasteiger partial charge in [0.15, 0.2) is 0 Å². The molecule has 0 radical (unpaired) electrons. The fraction of sp³-hybridized carbons (Fsp3) is 0.214. The first kappa shape index (κ1) is 26.3. The highest BCUT2D eigenvalue weighted by Gasteiger charge is 2.35. The smallest absolute Gasteiger partial charge is 0.148 e. The number of benzene rings is 1. The molecule has 1 aliphatic heterocycles. The lowest BCUT2D eigenvalue weighted by atomic mass is 9.70. The number of pyridine rings is 3. The van der Waals surface area contributed by atoms with E-state index in [9.17, 15) is 5.26 Å². The first-order valence-corrected chi connectivity index (χ1v) is 12.9. The Bertz CT molecular complexity index is 1570. The summed E-state index contributed by atoms with van der Waals surface area (Å²) in [5.74, 6) is 0. The molecule has 0 amide bonds. The first-order chi connectivity index (χ1) is 18.7. The monoisotopic (exact) mass is 537 g/mol. The average molecular weight is 538 g/mol. The third-order valence-corrected chi connectivity index (χ3v) is 6.79. The van der Waals surface area contributed by atoms with Gasteiger partial charge < -0.3 is 16.1 Å². The standard InChI is InChI=1S/C28H29BClN9/c1-27(2,3)17-35-25-18(12-31)13-34-26-22(25)10-20(11-23(26)30)36-28(29,19-6-4-8-32-14-19)24-16-39(38-37-24)21-7-5-9-33-15-21/h4-11,13-16,36-38H,17,29H2,1-3H3,(H,34,35). The SMILES string of the molecule is BC(Nc1cc(Cl)c2ncc(C#N)c(NCC(C)(C)C)c2c1)(C1=CN(c2cccnc2)NN1)c1cccnc1. The van der Waals surface area contributed by atoms with Gasteiger partial charge in [-0.3, -0.25) is 20.0 Å². The Morgan fingerprint density at radius 2 is 1.87 bits per heavy atom. The molecule has 4 heterocycles. The van der Waals surface area contributed by atoms with Crippen LogP contribution in [0.4, 0.5) is 17.1 Å². The summed E-state index contributed by atoms with van der Waals surface area (Å²) in [5, 5.41) is 20.1. The van der Waals surface area contributed by atoms with Gasteiger partial charge in [-0.25, -0.2) is 0 Å². The van der Waals surface area contributed by atoms with Gasteiger partial charge >= 0.3 is 0 Å². The van der Waals surface area contributed by atoms with Gasteiger partial charge in [-0.15, -0.1) is 5.53 Å². The molecule has 0 saturated heterocycles. The minimum atomic E-state index is -0.742. The number of anilines is 3. The number of nitriles is 1. The third-order valence-electron chi connectivity index (χ3n) is 6.51. The number of nitrogens with zero attached hydrogens (tertiary/aromatic N) is 5. The van der Waals surface area contributed by atoms with Crippen molar-refractivity contribution in [3.05, 3.63) is 95.4 Å². The molecule has 4 aromatic rings. The highest BCUT2D eigenvalue weighted by Crippen LogP contribution is 2.37. The zero-order chi connectivity index (χ0) is 27.6. The molecule has 9 nitrogen and oxygen atoms in total. The summed E-state index contributed by atoms with van der Waals surface area (Å²) in [6, 6.07) is 13.9. The molecule has 0 aliphatic carbocycles. The van der Waals surface area contributed by atoms with Crippen LogP contribution in [0.15, 0.2) is 79.3 Å². The van der Waals surface area contributed by atoms with Gasteiger partial charge in [0.1, 0.15) is 13.9 Å². The van der Waals surface area contributed by atoms with Gasteiger partial charge in [0.25, 0.3) is 0 Å². The van der Waals surface area contributed by atoms with Gasteiger partial charge in [0.2, 0.25) is 0 Å². The molecule has 11 heteroatoms. The third kappa shape index (κ3) is 5.46. The van der Waals surface area contributed by atoms with E-state index in [0.717, 1.165) is 28.0 Å². The second-order valence-corrected chi connectivity index (χ2v) is 11.2. The van der Waals surface area contributed by atoms with Gasteiger partial charge in [-0.1, -0.05) is 38.4 Å². The van der Waals surface area contributed by atoms with Crippen LogP contribution in [-0.4, -0.2) is 29.3 Å². The summed E-state index contributed by atoms with van der Waals surface area (Å²) in [4.78, 5) is 13.1. The van der Waals surface area contributed by atoms with E-state index < -0.39 is 5.44 Å². The van der Waals surface area contributed by atoms with Crippen LogP contribution in [0.5, 0.6) is 0 Å². The van der Waals surface area contributed by atoms with Gasteiger partial charge in [-0.05, 0) is 41.3 Å². The number of nitrogens with one attached hydrogen (secondary N) is 4. The molecule has 196 valence electrons. The fourth-order valence-corrected chi connectivity index (χ4v) is 4.67. The zero-order valence-corrected chi connectivity index (χ0v) is 23.0. The van der Waals surface area contributed by atoms with Crippen LogP contribution in [0.25, 0.3) is 10.9 Å². The van der Waals surface area contributed by atoms with Crippen LogP contribution in [0.2, 0.25) is 5.02 Å².